The number of rotatable bonds is 4. The number of benzene rings is 1. The molecular weight excluding hydrogens is 234 g/mol. The summed E-state index contributed by atoms with van der Waals surface area (Å²) in [5.74, 6) is 0.154. The Bertz CT molecular complexity index is 572. The highest BCUT2D eigenvalue weighted by Gasteiger charge is 2.12. The molecule has 6 heteroatoms. The molecule has 0 fully saturated rings. The number of anilines is 1. The Balaban J connectivity index is 2.16. The number of nitrogens with zero attached hydrogens (tertiary/aromatic N) is 2. The van der Waals surface area contributed by atoms with E-state index in [1.807, 2.05) is 0 Å². The fraction of sp³-hybridized carbons (Fsp3) is 0.0833. The lowest BCUT2D eigenvalue weighted by Gasteiger charge is -2.07. The zero-order valence-corrected chi connectivity index (χ0v) is 9.41. The Morgan fingerprint density at radius 3 is 2.83 bits per heavy atom. The quantitative estimate of drug-likeness (QED) is 0.637. The summed E-state index contributed by atoms with van der Waals surface area (Å²) in [4.78, 5) is 14.0. The summed E-state index contributed by atoms with van der Waals surface area (Å²) >= 11 is 0. The molecular formula is C12H11N3O3. The van der Waals surface area contributed by atoms with Gasteiger partial charge in [0.2, 0.25) is 0 Å². The van der Waals surface area contributed by atoms with E-state index in [0.717, 1.165) is 0 Å². The van der Waals surface area contributed by atoms with Crippen LogP contribution in [-0.2, 0) is 6.54 Å². The maximum atomic E-state index is 10.8. The van der Waals surface area contributed by atoms with Crippen LogP contribution < -0.4 is 5.32 Å². The van der Waals surface area contributed by atoms with Gasteiger partial charge in [0.05, 0.1) is 4.92 Å². The second-order valence-corrected chi connectivity index (χ2v) is 3.63. The lowest BCUT2D eigenvalue weighted by atomic mass is 10.2. The highest BCUT2D eigenvalue weighted by atomic mass is 16.6. The van der Waals surface area contributed by atoms with Gasteiger partial charge in [-0.15, -0.1) is 0 Å². The van der Waals surface area contributed by atoms with E-state index in [2.05, 4.69) is 10.3 Å². The summed E-state index contributed by atoms with van der Waals surface area (Å²) in [6.07, 6.45) is 2.66. The van der Waals surface area contributed by atoms with E-state index in [0.29, 0.717) is 17.8 Å². The van der Waals surface area contributed by atoms with Crippen LogP contribution in [0.3, 0.4) is 0 Å². The van der Waals surface area contributed by atoms with E-state index < -0.39 is 4.92 Å². The Morgan fingerprint density at radius 1 is 1.33 bits per heavy atom. The topological polar surface area (TPSA) is 88.3 Å². The first-order chi connectivity index (χ1) is 8.68. The van der Waals surface area contributed by atoms with Gasteiger partial charge < -0.3 is 10.4 Å². The number of hydrogen-bond donors (Lipinski definition) is 2. The number of pyridine rings is 1. The van der Waals surface area contributed by atoms with E-state index in [-0.39, 0.29) is 11.4 Å². The van der Waals surface area contributed by atoms with Gasteiger partial charge in [-0.1, -0.05) is 18.2 Å². The molecule has 0 aliphatic rings. The zero-order chi connectivity index (χ0) is 13.0. The lowest BCUT2D eigenvalue weighted by Crippen LogP contribution is -2.03. The number of aromatic hydroxyl groups is 1. The highest BCUT2D eigenvalue weighted by Crippen LogP contribution is 2.24. The summed E-state index contributed by atoms with van der Waals surface area (Å²) in [5.41, 5.74) is 0.954. The number of phenols is 1. The van der Waals surface area contributed by atoms with Gasteiger partial charge in [0.25, 0.3) is 0 Å². The first kappa shape index (κ1) is 11.8. The van der Waals surface area contributed by atoms with Crippen LogP contribution in [0, 0.1) is 10.1 Å². The molecule has 0 aliphatic carbocycles. The van der Waals surface area contributed by atoms with E-state index in [4.69, 9.17) is 0 Å². The summed E-state index contributed by atoms with van der Waals surface area (Å²) < 4.78 is 0. The molecule has 0 atom stereocenters. The molecule has 0 saturated heterocycles. The number of hydrogen-bond acceptors (Lipinski definition) is 5. The van der Waals surface area contributed by atoms with Crippen LogP contribution >= 0.6 is 0 Å². The van der Waals surface area contributed by atoms with Gasteiger partial charge in [-0.2, -0.15) is 0 Å². The SMILES string of the molecule is O=[N+]([O-])c1cnccc1NCc1ccccc1O. The van der Waals surface area contributed by atoms with Gasteiger partial charge >= 0.3 is 5.69 Å². The minimum absolute atomic E-state index is 0.0899. The van der Waals surface area contributed by atoms with Crippen LogP contribution in [0.1, 0.15) is 5.56 Å². The average Bonchev–Trinajstić information content (AvgIpc) is 2.38. The highest BCUT2D eigenvalue weighted by molar-refractivity contribution is 5.59. The third-order valence-corrected chi connectivity index (χ3v) is 2.46. The van der Waals surface area contributed by atoms with E-state index in [1.54, 1.807) is 24.3 Å². The van der Waals surface area contributed by atoms with Crippen LogP contribution in [-0.4, -0.2) is 15.0 Å². The molecule has 1 aromatic heterocycles. The monoisotopic (exact) mass is 245 g/mol. The van der Waals surface area contributed by atoms with Crippen LogP contribution in [0.15, 0.2) is 42.7 Å². The number of nitrogens with one attached hydrogen (secondary N) is 1. The fourth-order valence-electron chi connectivity index (χ4n) is 1.53. The number of aromatic nitrogens is 1. The smallest absolute Gasteiger partial charge is 0.310 e. The van der Waals surface area contributed by atoms with E-state index in [9.17, 15) is 15.2 Å². The third-order valence-electron chi connectivity index (χ3n) is 2.46. The lowest BCUT2D eigenvalue weighted by molar-refractivity contribution is -0.384. The molecule has 1 aromatic carbocycles. The molecule has 2 N–H and O–H groups in total. The standard InChI is InChI=1S/C12H11N3O3/c16-12-4-2-1-3-9(12)7-14-10-5-6-13-8-11(10)15(17)18/h1-6,8,16H,7H2,(H,13,14). The van der Waals surface area contributed by atoms with Crippen molar-refractivity contribution in [1.82, 2.24) is 4.98 Å². The summed E-state index contributed by atoms with van der Waals surface area (Å²) in [6.45, 7) is 0.303. The predicted octanol–water partition coefficient (Wildman–Crippen LogP) is 2.31. The summed E-state index contributed by atoms with van der Waals surface area (Å²) in [5, 5.41) is 23.3. The second kappa shape index (κ2) is 5.13. The molecule has 0 bridgehead atoms. The summed E-state index contributed by atoms with van der Waals surface area (Å²) in [7, 11) is 0. The zero-order valence-electron chi connectivity index (χ0n) is 9.41. The van der Waals surface area contributed by atoms with Crippen LogP contribution in [0.25, 0.3) is 0 Å². The minimum Gasteiger partial charge on any atom is -0.508 e. The van der Waals surface area contributed by atoms with Crippen LogP contribution in [0.4, 0.5) is 11.4 Å². The third kappa shape index (κ3) is 2.54. The maximum absolute atomic E-state index is 10.8. The molecule has 1 heterocycles. The van der Waals surface area contributed by atoms with Gasteiger partial charge in [-0.25, -0.2) is 0 Å². The van der Waals surface area contributed by atoms with Crippen molar-refractivity contribution in [2.75, 3.05) is 5.32 Å². The summed E-state index contributed by atoms with van der Waals surface area (Å²) in [6, 6.07) is 8.34. The van der Waals surface area contributed by atoms with Crippen LogP contribution in [0.5, 0.6) is 5.75 Å². The maximum Gasteiger partial charge on any atom is 0.310 e. The van der Waals surface area contributed by atoms with E-state index >= 15 is 0 Å². The van der Waals surface area contributed by atoms with Crippen molar-refractivity contribution in [2.45, 2.75) is 6.54 Å². The molecule has 2 rings (SSSR count). The van der Waals surface area contributed by atoms with Crippen molar-refractivity contribution in [3.05, 3.63) is 58.4 Å². The van der Waals surface area contributed by atoms with Gasteiger partial charge in [0.15, 0.2) is 0 Å². The van der Waals surface area contributed by atoms with Gasteiger partial charge in [-0.05, 0) is 12.1 Å². The molecule has 0 unspecified atom stereocenters. The van der Waals surface area contributed by atoms with Crippen molar-refractivity contribution in [1.29, 1.82) is 0 Å². The van der Waals surface area contributed by atoms with Crippen molar-refractivity contribution in [3.8, 4) is 5.75 Å². The first-order valence-corrected chi connectivity index (χ1v) is 5.27. The van der Waals surface area contributed by atoms with Crippen molar-refractivity contribution < 1.29 is 10.0 Å². The molecule has 2 aromatic rings. The van der Waals surface area contributed by atoms with Gasteiger partial charge in [-0.3, -0.25) is 15.1 Å². The molecule has 0 radical (unpaired) electrons. The molecule has 18 heavy (non-hydrogen) atoms. The normalized spacial score (nSPS) is 10.0. The Labute approximate surface area is 103 Å². The van der Waals surface area contributed by atoms with Gasteiger partial charge in [0.1, 0.15) is 17.6 Å². The first-order valence-electron chi connectivity index (χ1n) is 5.27. The molecule has 6 nitrogen and oxygen atoms in total. The predicted molar refractivity (Wildman–Crippen MR) is 66.3 cm³/mol. The molecule has 0 aliphatic heterocycles. The minimum atomic E-state index is -0.500. The van der Waals surface area contributed by atoms with Crippen LogP contribution in [0.2, 0.25) is 0 Å². The van der Waals surface area contributed by atoms with Crippen molar-refractivity contribution >= 4 is 11.4 Å². The largest absolute Gasteiger partial charge is 0.508 e. The molecule has 92 valence electrons. The Hall–Kier alpha value is -2.63. The number of para-hydroxylation sites is 1. The fourth-order valence-corrected chi connectivity index (χ4v) is 1.53. The molecule has 0 amide bonds. The number of nitro groups is 1. The van der Waals surface area contributed by atoms with Gasteiger partial charge in [0, 0.05) is 18.3 Å². The second-order valence-electron chi connectivity index (χ2n) is 3.63. The van der Waals surface area contributed by atoms with E-state index in [1.165, 1.54) is 18.5 Å². The number of phenolic OH excluding ortho intramolecular Hbond substituents is 1. The molecule has 0 spiro atoms. The Kier molecular flexibility index (Phi) is 3.38. The van der Waals surface area contributed by atoms with Crippen molar-refractivity contribution in [2.24, 2.45) is 0 Å². The molecule has 0 saturated carbocycles. The average molecular weight is 245 g/mol. The van der Waals surface area contributed by atoms with Crippen molar-refractivity contribution in [3.63, 3.8) is 0 Å². The Morgan fingerprint density at radius 2 is 2.11 bits per heavy atom.